The molecule has 0 aromatic heterocycles. The van der Waals surface area contributed by atoms with Gasteiger partial charge in [-0.3, -0.25) is 0 Å². The van der Waals surface area contributed by atoms with Gasteiger partial charge in [0, 0.05) is 0 Å². The van der Waals surface area contributed by atoms with Crippen molar-refractivity contribution < 1.29 is 75.6 Å². The van der Waals surface area contributed by atoms with Crippen LogP contribution in [0.2, 0.25) is 0 Å². The molecule has 0 bridgehead atoms. The molecule has 1 heterocycles. The van der Waals surface area contributed by atoms with E-state index in [1.165, 1.54) is 0 Å². The molecule has 6 nitrogen and oxygen atoms in total. The Morgan fingerprint density at radius 1 is 1.15 bits per heavy atom. The Kier molecular flexibility index (Phi) is 8.81. The number of rotatable bonds is 7. The molecular weight excluding hydrogens is 393 g/mol. The average molecular weight is 412 g/mol. The van der Waals surface area contributed by atoms with Crippen LogP contribution in [0.5, 0.6) is 11.5 Å². The van der Waals surface area contributed by atoms with Crippen molar-refractivity contribution in [2.75, 3.05) is 13.7 Å². The molecule has 27 heavy (non-hydrogen) atoms. The van der Waals surface area contributed by atoms with E-state index in [2.05, 4.69) is 5.32 Å². The first kappa shape index (κ1) is 22.4. The minimum atomic E-state index is -0.773. The zero-order valence-electron chi connectivity index (χ0n) is 15.1. The number of benzene rings is 2. The third-order valence-electron chi connectivity index (χ3n) is 3.95. The number of carbonyl (C=O) groups excluding carboxylic acids is 2. The fourth-order valence-corrected chi connectivity index (χ4v) is 3.36. The number of nitrogens with zero attached hydrogens (tertiary/aromatic N) is 1. The van der Waals surface area contributed by atoms with E-state index in [0.717, 1.165) is 17.3 Å². The van der Waals surface area contributed by atoms with Crippen LogP contribution in [0, 0.1) is 0 Å². The number of hydrogen-bond donors (Lipinski definition) is 1. The van der Waals surface area contributed by atoms with Crippen molar-refractivity contribution in [2.24, 2.45) is 0 Å². The Hall–Kier alpha value is -0.874. The Labute approximate surface area is 204 Å². The van der Waals surface area contributed by atoms with Gasteiger partial charge < -0.3 is 29.5 Å². The number of imide groups is 1. The molecule has 0 saturated carbocycles. The van der Waals surface area contributed by atoms with Crippen molar-refractivity contribution in [2.45, 2.75) is 17.8 Å². The van der Waals surface area contributed by atoms with Crippen molar-refractivity contribution in [1.82, 2.24) is 0 Å². The molecule has 1 aliphatic heterocycles. The summed E-state index contributed by atoms with van der Waals surface area (Å²) in [7, 11) is 1.57. The van der Waals surface area contributed by atoms with E-state index in [4.69, 9.17) is 9.47 Å². The number of carbonyl (C=O) groups is 2. The summed E-state index contributed by atoms with van der Waals surface area (Å²) >= 11 is 0.958. The maximum atomic E-state index is 11.5. The standard InChI is InChI=1S/C19H19NO5S.K/c1-24-15-4-2-3-13(10-15)16(21)11-25-14-7-5-12(6-8-14)9-17-18(22)20-19(23)26-17;/h2-8,10,16-17,21H,9,11H2,1H3,(H,20,22,23);/q;+1/p-1/t16-,17?;/m1./s1. The van der Waals surface area contributed by atoms with E-state index in [0.29, 0.717) is 23.5 Å². The van der Waals surface area contributed by atoms with Crippen molar-refractivity contribution in [3.63, 3.8) is 0 Å². The number of aliphatic hydroxyl groups is 1. The van der Waals surface area contributed by atoms with Crippen LogP contribution in [0.15, 0.2) is 48.5 Å². The fourth-order valence-electron chi connectivity index (χ4n) is 2.55. The van der Waals surface area contributed by atoms with Gasteiger partial charge in [0.2, 0.25) is 0 Å². The normalized spacial score (nSPS) is 17.0. The second-order valence-electron chi connectivity index (χ2n) is 5.77. The first-order valence-corrected chi connectivity index (χ1v) is 8.93. The molecule has 1 saturated heterocycles. The third kappa shape index (κ3) is 6.32. The van der Waals surface area contributed by atoms with Crippen LogP contribution in [0.1, 0.15) is 17.2 Å². The molecule has 1 fully saturated rings. The van der Waals surface area contributed by atoms with E-state index in [1.54, 1.807) is 25.3 Å². The summed E-state index contributed by atoms with van der Waals surface area (Å²) in [6, 6.07) is 14.4. The fraction of sp³-hybridized carbons (Fsp3) is 0.263. The van der Waals surface area contributed by atoms with Gasteiger partial charge >= 0.3 is 51.4 Å². The van der Waals surface area contributed by atoms with Crippen LogP contribution < -0.4 is 60.9 Å². The monoisotopic (exact) mass is 411 g/mol. The summed E-state index contributed by atoms with van der Waals surface area (Å²) in [5, 5.41) is 12.8. The Morgan fingerprint density at radius 3 is 2.52 bits per heavy atom. The molecule has 1 unspecified atom stereocenters. The van der Waals surface area contributed by atoms with Gasteiger partial charge in [-0.25, -0.2) is 0 Å². The number of aliphatic hydroxyl groups excluding tert-OH is 1. The summed E-state index contributed by atoms with van der Waals surface area (Å²) in [6.45, 7) is 0.108. The van der Waals surface area contributed by atoms with Crippen molar-refractivity contribution in [3.05, 3.63) is 65.0 Å². The first-order chi connectivity index (χ1) is 12.5. The average Bonchev–Trinajstić information content (AvgIpc) is 2.97. The molecule has 1 N–H and O–H groups in total. The zero-order valence-corrected chi connectivity index (χ0v) is 19.1. The van der Waals surface area contributed by atoms with E-state index >= 15 is 0 Å². The molecule has 0 spiro atoms. The van der Waals surface area contributed by atoms with Crippen molar-refractivity contribution >= 4 is 22.9 Å². The van der Waals surface area contributed by atoms with Gasteiger partial charge in [-0.1, -0.05) is 36.0 Å². The summed E-state index contributed by atoms with van der Waals surface area (Å²) in [5.41, 5.74) is 1.63. The molecule has 0 aliphatic carbocycles. The number of amides is 2. The molecule has 0 radical (unpaired) electrons. The maximum Gasteiger partial charge on any atom is 1.00 e. The second-order valence-corrected chi connectivity index (χ2v) is 6.93. The number of thioether (sulfide) groups is 1. The predicted molar refractivity (Wildman–Crippen MR) is 98.7 cm³/mol. The van der Waals surface area contributed by atoms with Gasteiger partial charge in [-0.15, -0.1) is 0 Å². The van der Waals surface area contributed by atoms with Gasteiger partial charge in [0.05, 0.1) is 18.3 Å². The molecule has 8 heteroatoms. The number of methoxy groups -OCH3 is 1. The van der Waals surface area contributed by atoms with Gasteiger partial charge in [0.25, 0.3) is 0 Å². The van der Waals surface area contributed by atoms with Crippen LogP contribution in [-0.2, 0) is 11.2 Å². The van der Waals surface area contributed by atoms with Crippen LogP contribution in [0.4, 0.5) is 4.79 Å². The van der Waals surface area contributed by atoms with Crippen LogP contribution in [0.25, 0.3) is 5.32 Å². The minimum Gasteiger partial charge on any atom is -0.585 e. The second kappa shape index (κ2) is 10.6. The Morgan fingerprint density at radius 2 is 1.89 bits per heavy atom. The van der Waals surface area contributed by atoms with Gasteiger partial charge in [0.1, 0.15) is 29.4 Å². The Bertz CT molecular complexity index is 799. The Balaban J connectivity index is 0.00000261. The number of hydrogen-bond acceptors (Lipinski definition) is 6. The summed E-state index contributed by atoms with van der Waals surface area (Å²) in [4.78, 5) is 22.7. The van der Waals surface area contributed by atoms with Gasteiger partial charge in [-0.2, -0.15) is 0 Å². The zero-order chi connectivity index (χ0) is 18.5. The smallest absolute Gasteiger partial charge is 0.585 e. The SMILES string of the molecule is COc1cccc([C@H](O)COc2ccc(CC3SC(=O)[N-]C3=O)cc2)c1.[K+]. The molecule has 136 valence electrons. The molecule has 3 rings (SSSR count). The molecule has 2 atom stereocenters. The van der Waals surface area contributed by atoms with Crippen LogP contribution >= 0.6 is 11.8 Å². The molecule has 2 aromatic carbocycles. The number of ether oxygens (including phenoxy) is 2. The topological polar surface area (TPSA) is 86.9 Å². The molecule has 2 aromatic rings. The molecule has 2 amide bonds. The van der Waals surface area contributed by atoms with Crippen LogP contribution in [-0.4, -0.2) is 35.2 Å². The third-order valence-corrected chi connectivity index (χ3v) is 4.90. The van der Waals surface area contributed by atoms with Crippen molar-refractivity contribution in [1.29, 1.82) is 0 Å². The van der Waals surface area contributed by atoms with E-state index in [1.807, 2.05) is 30.3 Å². The predicted octanol–water partition coefficient (Wildman–Crippen LogP) is 0.490. The van der Waals surface area contributed by atoms with E-state index in [9.17, 15) is 14.7 Å². The largest absolute Gasteiger partial charge is 1.00 e. The van der Waals surface area contributed by atoms with E-state index < -0.39 is 16.6 Å². The van der Waals surface area contributed by atoms with Crippen molar-refractivity contribution in [3.8, 4) is 11.5 Å². The van der Waals surface area contributed by atoms with Crippen LogP contribution in [0.3, 0.4) is 0 Å². The van der Waals surface area contributed by atoms with Gasteiger partial charge in [0.15, 0.2) is 0 Å². The first-order valence-electron chi connectivity index (χ1n) is 8.05. The quantitative estimate of drug-likeness (QED) is 0.668. The summed E-state index contributed by atoms with van der Waals surface area (Å²) in [6.07, 6.45) is -0.323. The molecular formula is C19H18KNO5S. The molecule has 1 aliphatic rings. The van der Waals surface area contributed by atoms with Gasteiger partial charge in [-0.05, 0) is 41.8 Å². The maximum absolute atomic E-state index is 11.5. The summed E-state index contributed by atoms with van der Waals surface area (Å²) in [5.74, 6) is 0.916. The van der Waals surface area contributed by atoms with E-state index in [-0.39, 0.29) is 63.9 Å². The minimum absolute atomic E-state index is 0. The summed E-state index contributed by atoms with van der Waals surface area (Å²) < 4.78 is 10.8.